The van der Waals surface area contributed by atoms with Crippen LogP contribution in [0, 0.1) is 17.0 Å². The van der Waals surface area contributed by atoms with Crippen molar-refractivity contribution in [1.82, 2.24) is 4.98 Å². The zero-order valence-corrected chi connectivity index (χ0v) is 10.7. The summed E-state index contributed by atoms with van der Waals surface area (Å²) in [6, 6.07) is 9.80. The van der Waals surface area contributed by atoms with E-state index in [-0.39, 0.29) is 5.69 Å². The van der Waals surface area contributed by atoms with Crippen LogP contribution in [0.1, 0.15) is 5.56 Å². The van der Waals surface area contributed by atoms with Crippen LogP contribution in [0.25, 0.3) is 22.6 Å². The zero-order valence-electron chi connectivity index (χ0n) is 10.7. The molecule has 0 unspecified atom stereocenters. The summed E-state index contributed by atoms with van der Waals surface area (Å²) in [7, 11) is 0. The van der Waals surface area contributed by atoms with Crippen LogP contribution in [0.5, 0.6) is 0 Å². The number of hydrogen-bond acceptors (Lipinski definition) is 5. The minimum atomic E-state index is -0.459. The second-order valence-corrected chi connectivity index (χ2v) is 4.45. The monoisotopic (exact) mass is 269 g/mol. The Morgan fingerprint density at radius 2 is 2.10 bits per heavy atom. The maximum atomic E-state index is 10.8. The summed E-state index contributed by atoms with van der Waals surface area (Å²) >= 11 is 0. The lowest BCUT2D eigenvalue weighted by atomic mass is 10.1. The number of nitro benzene ring substituents is 1. The normalized spacial score (nSPS) is 10.8. The van der Waals surface area contributed by atoms with Crippen molar-refractivity contribution >= 4 is 22.5 Å². The number of nitro groups is 1. The maximum Gasteiger partial charge on any atom is 0.271 e. The van der Waals surface area contributed by atoms with E-state index in [1.165, 1.54) is 12.1 Å². The van der Waals surface area contributed by atoms with Gasteiger partial charge in [0, 0.05) is 23.4 Å². The van der Waals surface area contributed by atoms with Gasteiger partial charge >= 0.3 is 0 Å². The Balaban J connectivity index is 2.18. The number of non-ortho nitro benzene ring substituents is 1. The summed E-state index contributed by atoms with van der Waals surface area (Å²) in [6.07, 6.45) is 0. The molecular weight excluding hydrogens is 258 g/mol. The summed E-state index contributed by atoms with van der Waals surface area (Å²) in [5.41, 5.74) is 9.11. The molecule has 0 saturated carbocycles. The molecule has 6 nitrogen and oxygen atoms in total. The Kier molecular flexibility index (Phi) is 2.64. The fraction of sp³-hybridized carbons (Fsp3) is 0.0714. The molecular formula is C14H11N3O3. The fourth-order valence-corrected chi connectivity index (χ4v) is 2.03. The van der Waals surface area contributed by atoms with E-state index in [1.54, 1.807) is 12.1 Å². The highest BCUT2D eigenvalue weighted by atomic mass is 16.6. The van der Waals surface area contributed by atoms with E-state index in [0.717, 1.165) is 11.1 Å². The third-order valence-electron chi connectivity index (χ3n) is 3.19. The molecule has 6 heteroatoms. The number of aromatic nitrogens is 1. The van der Waals surface area contributed by atoms with Crippen LogP contribution in [-0.2, 0) is 0 Å². The second-order valence-electron chi connectivity index (χ2n) is 4.45. The van der Waals surface area contributed by atoms with E-state index in [9.17, 15) is 10.1 Å². The number of nitrogen functional groups attached to an aromatic ring is 1. The topological polar surface area (TPSA) is 95.2 Å². The van der Waals surface area contributed by atoms with E-state index in [1.807, 2.05) is 19.1 Å². The number of nitrogens with two attached hydrogens (primary N) is 1. The number of hydrogen-bond donors (Lipinski definition) is 1. The van der Waals surface area contributed by atoms with Crippen molar-refractivity contribution in [1.29, 1.82) is 0 Å². The van der Waals surface area contributed by atoms with Crippen molar-refractivity contribution in [2.45, 2.75) is 6.92 Å². The standard InChI is InChI=1S/C14H11N3O3/c1-8-10(3-2-4-11(8)15)14-16-12-7-9(17(18)19)5-6-13(12)20-14/h2-7H,15H2,1H3. The number of fused-ring (bicyclic) bond motifs is 1. The lowest BCUT2D eigenvalue weighted by Crippen LogP contribution is -1.91. The molecule has 0 saturated heterocycles. The minimum absolute atomic E-state index is 0.0124. The van der Waals surface area contributed by atoms with Crippen molar-refractivity contribution in [2.75, 3.05) is 5.73 Å². The van der Waals surface area contributed by atoms with Crippen molar-refractivity contribution in [3.63, 3.8) is 0 Å². The van der Waals surface area contributed by atoms with Gasteiger partial charge < -0.3 is 10.2 Å². The quantitative estimate of drug-likeness (QED) is 0.437. The number of nitrogens with zero attached hydrogens (tertiary/aromatic N) is 2. The Bertz CT molecular complexity index is 824. The average molecular weight is 269 g/mol. The molecule has 0 aliphatic carbocycles. The van der Waals surface area contributed by atoms with E-state index >= 15 is 0 Å². The molecule has 3 rings (SSSR count). The second kappa shape index (κ2) is 4.34. The fourth-order valence-electron chi connectivity index (χ4n) is 2.03. The first-order valence-electron chi connectivity index (χ1n) is 5.96. The van der Waals surface area contributed by atoms with Crippen molar-refractivity contribution < 1.29 is 9.34 Å². The van der Waals surface area contributed by atoms with Crippen LogP contribution in [0.2, 0.25) is 0 Å². The van der Waals surface area contributed by atoms with Crippen LogP contribution in [-0.4, -0.2) is 9.91 Å². The zero-order chi connectivity index (χ0) is 14.3. The first kappa shape index (κ1) is 12.2. The van der Waals surface area contributed by atoms with Gasteiger partial charge in [-0.15, -0.1) is 0 Å². The highest BCUT2D eigenvalue weighted by molar-refractivity contribution is 5.80. The Hall–Kier alpha value is -2.89. The molecule has 1 aromatic heterocycles. The van der Waals surface area contributed by atoms with Gasteiger partial charge in [0.05, 0.1) is 4.92 Å². The Morgan fingerprint density at radius 3 is 2.85 bits per heavy atom. The summed E-state index contributed by atoms with van der Waals surface area (Å²) in [6.45, 7) is 1.88. The lowest BCUT2D eigenvalue weighted by molar-refractivity contribution is -0.384. The van der Waals surface area contributed by atoms with Crippen LogP contribution >= 0.6 is 0 Å². The SMILES string of the molecule is Cc1c(N)cccc1-c1nc2cc([N+](=O)[O-])ccc2o1. The van der Waals surface area contributed by atoms with E-state index in [4.69, 9.17) is 10.2 Å². The predicted molar refractivity (Wildman–Crippen MR) is 75.2 cm³/mol. The van der Waals surface area contributed by atoms with Gasteiger partial charge in [-0.3, -0.25) is 10.1 Å². The van der Waals surface area contributed by atoms with E-state index in [0.29, 0.717) is 22.7 Å². The van der Waals surface area contributed by atoms with Gasteiger partial charge in [0.1, 0.15) is 5.52 Å². The lowest BCUT2D eigenvalue weighted by Gasteiger charge is -2.03. The number of anilines is 1. The van der Waals surface area contributed by atoms with Gasteiger partial charge in [-0.1, -0.05) is 6.07 Å². The van der Waals surface area contributed by atoms with Crippen LogP contribution in [0.4, 0.5) is 11.4 Å². The molecule has 0 aliphatic heterocycles. The average Bonchev–Trinajstić information content (AvgIpc) is 2.84. The van der Waals surface area contributed by atoms with Crippen molar-refractivity contribution in [2.24, 2.45) is 0 Å². The molecule has 0 radical (unpaired) electrons. The van der Waals surface area contributed by atoms with Crippen LogP contribution < -0.4 is 5.73 Å². The number of benzene rings is 2. The molecule has 0 amide bonds. The Morgan fingerprint density at radius 1 is 1.30 bits per heavy atom. The minimum Gasteiger partial charge on any atom is -0.436 e. The summed E-state index contributed by atoms with van der Waals surface area (Å²) in [5.74, 6) is 0.408. The first-order valence-corrected chi connectivity index (χ1v) is 5.96. The van der Waals surface area contributed by atoms with Gasteiger partial charge in [-0.2, -0.15) is 0 Å². The smallest absolute Gasteiger partial charge is 0.271 e. The molecule has 0 aliphatic rings. The molecule has 20 heavy (non-hydrogen) atoms. The maximum absolute atomic E-state index is 10.8. The Labute approximate surface area is 114 Å². The highest BCUT2D eigenvalue weighted by Crippen LogP contribution is 2.30. The van der Waals surface area contributed by atoms with Gasteiger partial charge in [0.25, 0.3) is 5.69 Å². The third kappa shape index (κ3) is 1.87. The molecule has 0 atom stereocenters. The molecule has 0 spiro atoms. The largest absolute Gasteiger partial charge is 0.436 e. The molecule has 2 aromatic carbocycles. The summed E-state index contributed by atoms with van der Waals surface area (Å²) in [4.78, 5) is 14.6. The highest BCUT2D eigenvalue weighted by Gasteiger charge is 2.14. The molecule has 2 N–H and O–H groups in total. The third-order valence-corrected chi connectivity index (χ3v) is 3.19. The molecule has 3 aromatic rings. The van der Waals surface area contributed by atoms with Gasteiger partial charge in [0.2, 0.25) is 5.89 Å². The predicted octanol–water partition coefficient (Wildman–Crippen LogP) is 3.29. The summed E-state index contributed by atoms with van der Waals surface area (Å²) < 4.78 is 5.64. The first-order chi connectivity index (χ1) is 9.56. The van der Waals surface area contributed by atoms with Crippen molar-refractivity contribution in [3.05, 3.63) is 52.1 Å². The van der Waals surface area contributed by atoms with Crippen LogP contribution in [0.15, 0.2) is 40.8 Å². The van der Waals surface area contributed by atoms with Crippen LogP contribution in [0.3, 0.4) is 0 Å². The number of oxazole rings is 1. The number of rotatable bonds is 2. The molecule has 0 fully saturated rings. The molecule has 0 bridgehead atoms. The summed E-state index contributed by atoms with van der Waals surface area (Å²) in [5, 5.41) is 10.8. The molecule has 1 heterocycles. The van der Waals surface area contributed by atoms with Gasteiger partial charge in [-0.05, 0) is 30.7 Å². The molecule has 100 valence electrons. The van der Waals surface area contributed by atoms with E-state index < -0.39 is 4.92 Å². The van der Waals surface area contributed by atoms with Crippen molar-refractivity contribution in [3.8, 4) is 11.5 Å². The van der Waals surface area contributed by atoms with Gasteiger partial charge in [0.15, 0.2) is 5.58 Å². The van der Waals surface area contributed by atoms with Gasteiger partial charge in [-0.25, -0.2) is 4.98 Å². The van der Waals surface area contributed by atoms with E-state index in [2.05, 4.69) is 4.98 Å².